The summed E-state index contributed by atoms with van der Waals surface area (Å²) >= 11 is 12.6. The lowest BCUT2D eigenvalue weighted by atomic mass is 10.2. The first kappa shape index (κ1) is 14.4. The van der Waals surface area contributed by atoms with Gasteiger partial charge in [0.05, 0.1) is 21.2 Å². The fourth-order valence-corrected chi connectivity index (χ4v) is 4.66. The Morgan fingerprint density at radius 1 is 1.45 bits per heavy atom. The van der Waals surface area contributed by atoms with Crippen LogP contribution in [0.2, 0.25) is 5.15 Å². The van der Waals surface area contributed by atoms with Gasteiger partial charge in [-0.2, -0.15) is 11.8 Å². The molecule has 3 rings (SSSR count). The number of pyridine rings is 1. The van der Waals surface area contributed by atoms with Crippen LogP contribution in [-0.4, -0.2) is 16.6 Å². The van der Waals surface area contributed by atoms with Crippen LogP contribution < -0.4 is 5.32 Å². The Bertz CT molecular complexity index is 651. The molecule has 1 aliphatic rings. The van der Waals surface area contributed by atoms with E-state index >= 15 is 0 Å². The van der Waals surface area contributed by atoms with Crippen LogP contribution in [0.1, 0.15) is 20.1 Å². The van der Waals surface area contributed by atoms with Gasteiger partial charge in [-0.05, 0) is 45.8 Å². The number of amides is 1. The van der Waals surface area contributed by atoms with E-state index < -0.39 is 0 Å². The van der Waals surface area contributed by atoms with Crippen molar-refractivity contribution >= 4 is 62.2 Å². The Balaban J connectivity index is 1.78. The summed E-state index contributed by atoms with van der Waals surface area (Å²) in [4.78, 5) is 18.3. The van der Waals surface area contributed by atoms with Crippen molar-refractivity contribution in [1.29, 1.82) is 0 Å². The fraction of sp³-hybridized carbons (Fsp3) is 0.231. The number of hydrogen-bond donors (Lipinski definition) is 1. The number of rotatable bonds is 2. The molecule has 0 fully saturated rings. The van der Waals surface area contributed by atoms with Gasteiger partial charge in [-0.15, -0.1) is 11.3 Å². The monoisotopic (exact) mass is 388 g/mol. The zero-order valence-electron chi connectivity index (χ0n) is 10.3. The standard InChI is InChI=1S/C13H10BrClN2OS2/c14-9-4-8(5-16-12(9)15)17-13(18)11-3-7-6-19-2-1-10(7)20-11/h3-5H,1-2,6H2,(H,17,18). The van der Waals surface area contributed by atoms with E-state index in [9.17, 15) is 4.79 Å². The van der Waals surface area contributed by atoms with E-state index in [0.29, 0.717) is 15.3 Å². The molecule has 7 heteroatoms. The maximum Gasteiger partial charge on any atom is 0.265 e. The van der Waals surface area contributed by atoms with Crippen molar-refractivity contribution < 1.29 is 4.79 Å². The number of nitrogens with zero attached hydrogens (tertiary/aromatic N) is 1. The second-order valence-electron chi connectivity index (χ2n) is 4.31. The minimum absolute atomic E-state index is 0.0922. The van der Waals surface area contributed by atoms with Crippen LogP contribution in [0.5, 0.6) is 0 Å². The number of carbonyl (C=O) groups is 1. The first-order chi connectivity index (χ1) is 9.63. The highest BCUT2D eigenvalue weighted by molar-refractivity contribution is 9.10. The molecule has 3 heterocycles. The molecule has 1 N–H and O–H groups in total. The van der Waals surface area contributed by atoms with E-state index in [0.717, 1.165) is 22.8 Å². The predicted octanol–water partition coefficient (Wildman–Crippen LogP) is 4.60. The van der Waals surface area contributed by atoms with Crippen LogP contribution in [0.15, 0.2) is 22.8 Å². The number of halogens is 2. The van der Waals surface area contributed by atoms with Crippen LogP contribution in [0, 0.1) is 0 Å². The number of aromatic nitrogens is 1. The molecule has 1 amide bonds. The topological polar surface area (TPSA) is 42.0 Å². The fourth-order valence-electron chi connectivity index (χ4n) is 1.94. The molecule has 20 heavy (non-hydrogen) atoms. The Labute approximate surface area is 138 Å². The van der Waals surface area contributed by atoms with Gasteiger partial charge < -0.3 is 5.32 Å². The van der Waals surface area contributed by atoms with Crippen molar-refractivity contribution in [2.45, 2.75) is 12.2 Å². The Kier molecular flexibility index (Phi) is 4.35. The lowest BCUT2D eigenvalue weighted by Gasteiger charge is -2.08. The van der Waals surface area contributed by atoms with Crippen molar-refractivity contribution in [3.8, 4) is 0 Å². The van der Waals surface area contributed by atoms with Gasteiger partial charge >= 0.3 is 0 Å². The SMILES string of the molecule is O=C(Nc1cnc(Cl)c(Br)c1)c1cc2c(s1)CCSC2. The minimum atomic E-state index is -0.0922. The third-order valence-corrected chi connectivity index (χ3v) is 6.28. The Morgan fingerprint density at radius 3 is 3.05 bits per heavy atom. The van der Waals surface area contributed by atoms with Crippen LogP contribution >= 0.6 is 50.6 Å². The van der Waals surface area contributed by atoms with Crippen LogP contribution in [0.4, 0.5) is 5.69 Å². The number of carbonyl (C=O) groups excluding carboxylic acids is 1. The second-order valence-corrected chi connectivity index (χ2v) is 7.77. The summed E-state index contributed by atoms with van der Waals surface area (Å²) in [5.41, 5.74) is 1.93. The summed E-state index contributed by atoms with van der Waals surface area (Å²) in [5.74, 6) is 2.06. The molecule has 0 aromatic carbocycles. The predicted molar refractivity (Wildman–Crippen MR) is 89.1 cm³/mol. The zero-order valence-corrected chi connectivity index (χ0v) is 14.3. The number of nitrogens with one attached hydrogen (secondary N) is 1. The van der Waals surface area contributed by atoms with Crippen LogP contribution in [0.3, 0.4) is 0 Å². The molecule has 3 nitrogen and oxygen atoms in total. The number of aryl methyl sites for hydroxylation is 1. The molecule has 0 atom stereocenters. The molecule has 0 radical (unpaired) electrons. The summed E-state index contributed by atoms with van der Waals surface area (Å²) in [5, 5.41) is 3.23. The molecular formula is C13H10BrClN2OS2. The molecule has 0 unspecified atom stereocenters. The zero-order chi connectivity index (χ0) is 14.1. The quantitative estimate of drug-likeness (QED) is 0.763. The highest BCUT2D eigenvalue weighted by Crippen LogP contribution is 2.32. The lowest BCUT2D eigenvalue weighted by molar-refractivity contribution is 0.103. The number of hydrogen-bond acceptors (Lipinski definition) is 4. The molecule has 2 aromatic heterocycles. The average Bonchev–Trinajstić information content (AvgIpc) is 2.87. The van der Waals surface area contributed by atoms with Crippen molar-refractivity contribution in [2.75, 3.05) is 11.1 Å². The number of fused-ring (bicyclic) bond motifs is 1. The molecule has 0 spiro atoms. The Hall–Kier alpha value is -0.560. The summed E-state index contributed by atoms with van der Waals surface area (Å²) in [6, 6.07) is 3.75. The van der Waals surface area contributed by atoms with Gasteiger partial charge in [-0.25, -0.2) is 4.98 Å². The maximum absolute atomic E-state index is 12.2. The average molecular weight is 390 g/mol. The molecule has 1 aliphatic heterocycles. The van der Waals surface area contributed by atoms with Gasteiger partial charge in [0.2, 0.25) is 0 Å². The first-order valence-corrected chi connectivity index (χ1v) is 9.09. The minimum Gasteiger partial charge on any atom is -0.320 e. The van der Waals surface area contributed by atoms with Crippen LogP contribution in [-0.2, 0) is 12.2 Å². The molecule has 0 saturated heterocycles. The number of thioether (sulfide) groups is 1. The van der Waals surface area contributed by atoms with Crippen LogP contribution in [0.25, 0.3) is 0 Å². The van der Waals surface area contributed by atoms with E-state index in [-0.39, 0.29) is 5.91 Å². The van der Waals surface area contributed by atoms with Crippen molar-refractivity contribution in [3.63, 3.8) is 0 Å². The second kappa shape index (κ2) is 6.05. The highest BCUT2D eigenvalue weighted by atomic mass is 79.9. The first-order valence-electron chi connectivity index (χ1n) is 5.95. The van der Waals surface area contributed by atoms with E-state index in [1.807, 2.05) is 17.8 Å². The van der Waals surface area contributed by atoms with Crippen molar-refractivity contribution in [2.24, 2.45) is 0 Å². The highest BCUT2D eigenvalue weighted by Gasteiger charge is 2.17. The smallest absolute Gasteiger partial charge is 0.265 e. The third-order valence-electron chi connectivity index (χ3n) is 2.91. The Morgan fingerprint density at radius 2 is 2.30 bits per heavy atom. The van der Waals surface area contributed by atoms with E-state index in [2.05, 4.69) is 26.2 Å². The molecule has 0 saturated carbocycles. The molecule has 104 valence electrons. The summed E-state index contributed by atoms with van der Waals surface area (Å²) in [6.07, 6.45) is 2.61. The summed E-state index contributed by atoms with van der Waals surface area (Å²) in [7, 11) is 0. The van der Waals surface area contributed by atoms with Gasteiger partial charge in [-0.3, -0.25) is 4.79 Å². The molecule has 0 bridgehead atoms. The van der Waals surface area contributed by atoms with Gasteiger partial charge in [0, 0.05) is 10.6 Å². The number of thiophene rings is 1. The van der Waals surface area contributed by atoms with Gasteiger partial charge in [-0.1, -0.05) is 11.6 Å². The largest absolute Gasteiger partial charge is 0.320 e. The lowest BCUT2D eigenvalue weighted by Crippen LogP contribution is -2.10. The third kappa shape index (κ3) is 3.03. The van der Waals surface area contributed by atoms with Gasteiger partial charge in [0.15, 0.2) is 0 Å². The van der Waals surface area contributed by atoms with Gasteiger partial charge in [0.1, 0.15) is 5.15 Å². The van der Waals surface area contributed by atoms with Crippen molar-refractivity contribution in [3.05, 3.63) is 43.3 Å². The molecule has 0 aliphatic carbocycles. The van der Waals surface area contributed by atoms with E-state index in [4.69, 9.17) is 11.6 Å². The summed E-state index contributed by atoms with van der Waals surface area (Å²) in [6.45, 7) is 0. The maximum atomic E-state index is 12.2. The normalized spacial score (nSPS) is 13.9. The van der Waals surface area contributed by atoms with E-state index in [1.165, 1.54) is 10.4 Å². The van der Waals surface area contributed by atoms with Gasteiger partial charge in [0.25, 0.3) is 5.91 Å². The van der Waals surface area contributed by atoms with Crippen molar-refractivity contribution in [1.82, 2.24) is 4.98 Å². The van der Waals surface area contributed by atoms with E-state index in [1.54, 1.807) is 23.6 Å². The molecule has 2 aromatic rings. The number of anilines is 1. The summed E-state index contributed by atoms with van der Waals surface area (Å²) < 4.78 is 0.666. The molecular weight excluding hydrogens is 380 g/mol.